The Labute approximate surface area is 98.0 Å². The third-order valence-corrected chi connectivity index (χ3v) is 3.57. The Balaban J connectivity index is 0.00000112. The van der Waals surface area contributed by atoms with Gasteiger partial charge in [-0.2, -0.15) is 0 Å². The zero-order valence-electron chi connectivity index (χ0n) is 9.68. The van der Waals surface area contributed by atoms with E-state index in [1.54, 1.807) is 6.92 Å². The van der Waals surface area contributed by atoms with Crippen molar-refractivity contribution in [1.29, 1.82) is 0 Å². The van der Waals surface area contributed by atoms with Crippen LogP contribution >= 0.6 is 12.4 Å². The lowest BCUT2D eigenvalue weighted by atomic mass is 9.89. The van der Waals surface area contributed by atoms with E-state index < -0.39 is 5.67 Å². The van der Waals surface area contributed by atoms with E-state index in [2.05, 4.69) is 17.1 Å². The summed E-state index contributed by atoms with van der Waals surface area (Å²) in [4.78, 5) is 2.28. The SMILES string of the molecule is CC1(F)CCN(CC2(C)CCNC2)C1.Cl. The molecule has 2 nitrogen and oxygen atoms in total. The van der Waals surface area contributed by atoms with Crippen molar-refractivity contribution in [2.45, 2.75) is 32.4 Å². The zero-order valence-corrected chi connectivity index (χ0v) is 10.5. The smallest absolute Gasteiger partial charge is 0.122 e. The quantitative estimate of drug-likeness (QED) is 0.787. The fourth-order valence-electron chi connectivity index (χ4n) is 2.69. The summed E-state index contributed by atoms with van der Waals surface area (Å²) in [6, 6.07) is 0. The Morgan fingerprint density at radius 1 is 1.33 bits per heavy atom. The predicted molar refractivity (Wildman–Crippen MR) is 63.4 cm³/mol. The Hall–Kier alpha value is 0.140. The molecule has 2 aliphatic rings. The maximum Gasteiger partial charge on any atom is 0.122 e. The number of hydrogen-bond acceptors (Lipinski definition) is 2. The highest BCUT2D eigenvalue weighted by atomic mass is 35.5. The summed E-state index contributed by atoms with van der Waals surface area (Å²) in [5, 5.41) is 3.39. The van der Waals surface area contributed by atoms with Crippen molar-refractivity contribution in [3.63, 3.8) is 0 Å². The van der Waals surface area contributed by atoms with Crippen LogP contribution in [0.5, 0.6) is 0 Å². The van der Waals surface area contributed by atoms with Gasteiger partial charge in [0.25, 0.3) is 0 Å². The van der Waals surface area contributed by atoms with Gasteiger partial charge in [0.1, 0.15) is 5.67 Å². The van der Waals surface area contributed by atoms with Gasteiger partial charge >= 0.3 is 0 Å². The highest BCUT2D eigenvalue weighted by Gasteiger charge is 2.38. The van der Waals surface area contributed by atoms with Crippen LogP contribution in [0.25, 0.3) is 0 Å². The lowest BCUT2D eigenvalue weighted by Crippen LogP contribution is -2.37. The van der Waals surface area contributed by atoms with Gasteiger partial charge in [-0.1, -0.05) is 6.92 Å². The number of nitrogens with zero attached hydrogens (tertiary/aromatic N) is 1. The van der Waals surface area contributed by atoms with Crippen LogP contribution in [0.3, 0.4) is 0 Å². The number of nitrogens with one attached hydrogen (secondary N) is 1. The Kier molecular flexibility index (Phi) is 4.01. The van der Waals surface area contributed by atoms with E-state index in [9.17, 15) is 4.39 Å². The molecule has 0 aromatic carbocycles. The van der Waals surface area contributed by atoms with Gasteiger partial charge in [0, 0.05) is 26.2 Å². The first-order valence-electron chi connectivity index (χ1n) is 5.61. The van der Waals surface area contributed by atoms with Gasteiger partial charge < -0.3 is 5.32 Å². The average Bonchev–Trinajstić information content (AvgIpc) is 2.59. The van der Waals surface area contributed by atoms with E-state index in [-0.39, 0.29) is 12.4 Å². The minimum Gasteiger partial charge on any atom is -0.316 e. The average molecular weight is 237 g/mol. The Bertz CT molecular complexity index is 215. The lowest BCUT2D eigenvalue weighted by Gasteiger charge is -2.29. The number of rotatable bonds is 2. The van der Waals surface area contributed by atoms with Gasteiger partial charge in [0.2, 0.25) is 0 Å². The largest absolute Gasteiger partial charge is 0.316 e. The summed E-state index contributed by atoms with van der Waals surface area (Å²) in [5.41, 5.74) is -0.567. The first-order valence-corrected chi connectivity index (χ1v) is 5.61. The third kappa shape index (κ3) is 3.30. The van der Waals surface area contributed by atoms with Crippen molar-refractivity contribution in [2.75, 3.05) is 32.7 Å². The van der Waals surface area contributed by atoms with E-state index in [1.165, 1.54) is 6.42 Å². The van der Waals surface area contributed by atoms with Gasteiger partial charge in [-0.3, -0.25) is 4.90 Å². The summed E-state index contributed by atoms with van der Waals surface area (Å²) >= 11 is 0. The predicted octanol–water partition coefficient (Wildman–Crippen LogP) is 1.84. The highest BCUT2D eigenvalue weighted by Crippen LogP contribution is 2.31. The molecule has 0 radical (unpaired) electrons. The molecule has 15 heavy (non-hydrogen) atoms. The molecule has 90 valence electrons. The summed E-state index contributed by atoms with van der Waals surface area (Å²) in [7, 11) is 0. The molecule has 0 aromatic heterocycles. The minimum absolute atomic E-state index is 0. The molecule has 2 saturated heterocycles. The minimum atomic E-state index is -0.942. The lowest BCUT2D eigenvalue weighted by molar-refractivity contribution is 0.158. The van der Waals surface area contributed by atoms with Crippen LogP contribution in [0.2, 0.25) is 0 Å². The molecular weight excluding hydrogens is 215 g/mol. The van der Waals surface area contributed by atoms with Gasteiger partial charge in [0.15, 0.2) is 0 Å². The van der Waals surface area contributed by atoms with E-state index in [0.29, 0.717) is 18.4 Å². The molecule has 2 rings (SSSR count). The van der Waals surface area contributed by atoms with Crippen LogP contribution in [0, 0.1) is 5.41 Å². The van der Waals surface area contributed by atoms with Crippen molar-refractivity contribution in [3.05, 3.63) is 0 Å². The van der Waals surface area contributed by atoms with Crippen molar-refractivity contribution < 1.29 is 4.39 Å². The molecule has 0 aliphatic carbocycles. The molecule has 1 N–H and O–H groups in total. The number of likely N-dealkylation sites (tertiary alicyclic amines) is 1. The summed E-state index contributed by atoms with van der Waals surface area (Å²) < 4.78 is 13.6. The monoisotopic (exact) mass is 236 g/mol. The van der Waals surface area contributed by atoms with Crippen molar-refractivity contribution in [1.82, 2.24) is 10.2 Å². The second-order valence-corrected chi connectivity index (χ2v) is 5.61. The molecule has 0 saturated carbocycles. The second-order valence-electron chi connectivity index (χ2n) is 5.61. The maximum atomic E-state index is 13.6. The third-order valence-electron chi connectivity index (χ3n) is 3.57. The molecule has 2 atom stereocenters. The van der Waals surface area contributed by atoms with Crippen LogP contribution in [-0.4, -0.2) is 43.3 Å². The summed E-state index contributed by atoms with van der Waals surface area (Å²) in [6.45, 7) is 8.86. The highest BCUT2D eigenvalue weighted by molar-refractivity contribution is 5.85. The molecule has 2 heterocycles. The van der Waals surface area contributed by atoms with Crippen LogP contribution in [0.1, 0.15) is 26.7 Å². The molecule has 2 fully saturated rings. The number of alkyl halides is 1. The Morgan fingerprint density at radius 2 is 2.07 bits per heavy atom. The molecule has 0 aromatic rings. The maximum absolute atomic E-state index is 13.6. The summed E-state index contributed by atoms with van der Waals surface area (Å²) in [6.07, 6.45) is 1.93. The first-order chi connectivity index (χ1) is 6.49. The molecule has 0 spiro atoms. The molecular formula is C11H22ClFN2. The van der Waals surface area contributed by atoms with Crippen LogP contribution in [-0.2, 0) is 0 Å². The standard InChI is InChI=1S/C11H21FN2.ClH/c1-10(3-5-13-7-10)8-14-6-4-11(2,12)9-14;/h13H,3-9H2,1-2H3;1H. The molecule has 4 heteroatoms. The number of halogens is 2. The van der Waals surface area contributed by atoms with Gasteiger partial charge in [-0.15, -0.1) is 12.4 Å². The topological polar surface area (TPSA) is 15.3 Å². The van der Waals surface area contributed by atoms with E-state index in [4.69, 9.17) is 0 Å². The fraction of sp³-hybridized carbons (Fsp3) is 1.00. The molecule has 0 bridgehead atoms. The van der Waals surface area contributed by atoms with Crippen molar-refractivity contribution in [2.24, 2.45) is 5.41 Å². The van der Waals surface area contributed by atoms with E-state index in [1.807, 2.05) is 0 Å². The van der Waals surface area contributed by atoms with Gasteiger partial charge in [-0.05, 0) is 31.7 Å². The fourth-order valence-corrected chi connectivity index (χ4v) is 2.69. The molecule has 0 amide bonds. The van der Waals surface area contributed by atoms with Crippen LogP contribution in [0.15, 0.2) is 0 Å². The van der Waals surface area contributed by atoms with E-state index in [0.717, 1.165) is 26.2 Å². The molecule has 2 unspecified atom stereocenters. The van der Waals surface area contributed by atoms with Crippen LogP contribution in [0.4, 0.5) is 4.39 Å². The van der Waals surface area contributed by atoms with Crippen molar-refractivity contribution in [3.8, 4) is 0 Å². The van der Waals surface area contributed by atoms with Crippen molar-refractivity contribution >= 4 is 12.4 Å². The van der Waals surface area contributed by atoms with E-state index >= 15 is 0 Å². The zero-order chi connectivity index (χ0) is 10.2. The Morgan fingerprint density at radius 3 is 2.53 bits per heavy atom. The first kappa shape index (κ1) is 13.2. The summed E-state index contributed by atoms with van der Waals surface area (Å²) in [5.74, 6) is 0. The van der Waals surface area contributed by atoms with Gasteiger partial charge in [-0.25, -0.2) is 4.39 Å². The number of hydrogen-bond donors (Lipinski definition) is 1. The van der Waals surface area contributed by atoms with Crippen LogP contribution < -0.4 is 5.32 Å². The normalized spacial score (nSPS) is 41.8. The second kappa shape index (κ2) is 4.56. The van der Waals surface area contributed by atoms with Gasteiger partial charge in [0.05, 0.1) is 0 Å². The molecule has 2 aliphatic heterocycles.